The number of hydrogen-bond acceptors (Lipinski definition) is 0. The summed E-state index contributed by atoms with van der Waals surface area (Å²) in [7, 11) is 0. The van der Waals surface area contributed by atoms with Crippen LogP contribution in [0.25, 0.3) is 0 Å². The van der Waals surface area contributed by atoms with Gasteiger partial charge < -0.3 is 0 Å². The molecule has 0 unspecified atom stereocenters. The second-order valence-corrected chi connectivity index (χ2v) is 4.33. The molecular formula is C8H3Cl3F4. The lowest BCUT2D eigenvalue weighted by Crippen LogP contribution is -2.09. The molecule has 0 spiro atoms. The van der Waals surface area contributed by atoms with Crippen molar-refractivity contribution in [3.63, 3.8) is 0 Å². The molecule has 0 aliphatic carbocycles. The van der Waals surface area contributed by atoms with Crippen LogP contribution in [0.5, 0.6) is 0 Å². The number of halogens is 7. The third kappa shape index (κ3) is 3.13. The maximum Gasteiger partial charge on any atom is 0.416 e. The van der Waals surface area contributed by atoms with Gasteiger partial charge in [0.05, 0.1) is 5.56 Å². The van der Waals surface area contributed by atoms with Gasteiger partial charge in [0.1, 0.15) is 0 Å². The number of hydrogen-bond donors (Lipinski definition) is 0. The monoisotopic (exact) mass is 280 g/mol. The van der Waals surface area contributed by atoms with Crippen molar-refractivity contribution in [2.24, 2.45) is 0 Å². The fourth-order valence-electron chi connectivity index (χ4n) is 0.919. The molecule has 0 saturated heterocycles. The van der Waals surface area contributed by atoms with Gasteiger partial charge >= 0.3 is 6.18 Å². The second-order valence-electron chi connectivity index (χ2n) is 2.69. The van der Waals surface area contributed by atoms with E-state index in [2.05, 4.69) is 0 Å². The molecule has 15 heavy (non-hydrogen) atoms. The Morgan fingerprint density at radius 1 is 1.00 bits per heavy atom. The smallest absolute Gasteiger partial charge is 0.202 e. The van der Waals surface area contributed by atoms with E-state index in [1.807, 2.05) is 0 Å². The topological polar surface area (TPSA) is 0 Å². The normalized spacial score (nSPS) is 13.0. The number of alkyl halides is 6. The summed E-state index contributed by atoms with van der Waals surface area (Å²) in [5.74, 6) is 0. The first-order valence-corrected chi connectivity index (χ1v) is 4.69. The standard InChI is InChI=1S/C8H3Cl3F4/c9-6-2-1-4(8(13,14)15)3-5(6)7(10,11)12/h1-3H. The molecule has 0 atom stereocenters. The molecule has 0 radical (unpaired) electrons. The first-order valence-electron chi connectivity index (χ1n) is 3.56. The summed E-state index contributed by atoms with van der Waals surface area (Å²) in [6.45, 7) is 0. The van der Waals surface area contributed by atoms with E-state index in [0.29, 0.717) is 12.1 Å². The van der Waals surface area contributed by atoms with Crippen LogP contribution < -0.4 is 0 Å². The van der Waals surface area contributed by atoms with E-state index in [4.69, 9.17) is 34.8 Å². The van der Waals surface area contributed by atoms with E-state index in [0.717, 1.165) is 6.07 Å². The summed E-state index contributed by atoms with van der Waals surface area (Å²) in [5, 5.41) is -0.268. The van der Waals surface area contributed by atoms with E-state index in [-0.39, 0.29) is 5.02 Å². The van der Waals surface area contributed by atoms with E-state index >= 15 is 0 Å². The van der Waals surface area contributed by atoms with E-state index < -0.39 is 21.9 Å². The number of benzene rings is 1. The lowest BCUT2D eigenvalue weighted by molar-refractivity contribution is -0.137. The van der Waals surface area contributed by atoms with Crippen LogP contribution >= 0.6 is 34.8 Å². The Balaban J connectivity index is 3.30. The molecule has 0 saturated carbocycles. The van der Waals surface area contributed by atoms with Crippen LogP contribution in [-0.4, -0.2) is 0 Å². The van der Waals surface area contributed by atoms with Gasteiger partial charge in [0.25, 0.3) is 4.59 Å². The summed E-state index contributed by atoms with van der Waals surface area (Å²) in [6.07, 6.45) is -4.60. The maximum atomic E-state index is 13.0. The molecule has 0 amide bonds. The zero-order valence-electron chi connectivity index (χ0n) is 6.88. The molecule has 0 aromatic heterocycles. The summed E-state index contributed by atoms with van der Waals surface area (Å²) in [5.41, 5.74) is -1.69. The van der Waals surface area contributed by atoms with Crippen LogP contribution in [0.15, 0.2) is 18.2 Å². The molecule has 0 heterocycles. The summed E-state index contributed by atoms with van der Waals surface area (Å²) in [4.78, 5) is 0. The molecule has 1 aromatic rings. The first-order chi connectivity index (χ1) is 6.62. The Bertz CT molecular complexity index is 367. The largest absolute Gasteiger partial charge is 0.416 e. The molecule has 0 N–H and O–H groups in total. The van der Waals surface area contributed by atoms with E-state index in [9.17, 15) is 17.6 Å². The van der Waals surface area contributed by atoms with Gasteiger partial charge in [0, 0.05) is 10.6 Å². The zero-order valence-corrected chi connectivity index (χ0v) is 9.15. The van der Waals surface area contributed by atoms with Crippen LogP contribution in [0, 0.1) is 0 Å². The summed E-state index contributed by atoms with van der Waals surface area (Å²) < 4.78 is 46.8. The minimum Gasteiger partial charge on any atom is -0.202 e. The van der Waals surface area contributed by atoms with Gasteiger partial charge in [-0.15, -0.1) is 0 Å². The van der Waals surface area contributed by atoms with Crippen LogP contribution in [0.4, 0.5) is 17.6 Å². The average molecular weight is 281 g/mol. The fraction of sp³-hybridized carbons (Fsp3) is 0.250. The summed E-state index contributed by atoms with van der Waals surface area (Å²) in [6, 6.07) is 2.08. The lowest BCUT2D eigenvalue weighted by atomic mass is 10.1. The lowest BCUT2D eigenvalue weighted by Gasteiger charge is -2.14. The highest BCUT2D eigenvalue weighted by atomic mass is 35.5. The van der Waals surface area contributed by atoms with E-state index in [1.165, 1.54) is 0 Å². The summed E-state index contributed by atoms with van der Waals surface area (Å²) >= 11 is 15.5. The van der Waals surface area contributed by atoms with Crippen molar-refractivity contribution in [2.45, 2.75) is 10.8 Å². The molecule has 1 aromatic carbocycles. The Morgan fingerprint density at radius 3 is 1.93 bits per heavy atom. The molecular weight excluding hydrogens is 278 g/mol. The third-order valence-corrected chi connectivity index (χ3v) is 2.34. The van der Waals surface area contributed by atoms with Crippen molar-refractivity contribution in [2.75, 3.05) is 0 Å². The zero-order chi connectivity index (χ0) is 11.9. The second kappa shape index (κ2) is 4.00. The third-order valence-electron chi connectivity index (χ3n) is 1.60. The van der Waals surface area contributed by atoms with Crippen molar-refractivity contribution < 1.29 is 17.6 Å². The van der Waals surface area contributed by atoms with Gasteiger partial charge in [-0.3, -0.25) is 0 Å². The van der Waals surface area contributed by atoms with Crippen LogP contribution in [-0.2, 0) is 10.8 Å². The highest BCUT2D eigenvalue weighted by Gasteiger charge is 2.35. The van der Waals surface area contributed by atoms with Crippen LogP contribution in [0.2, 0.25) is 5.02 Å². The van der Waals surface area contributed by atoms with Crippen molar-refractivity contribution in [3.8, 4) is 0 Å². The Labute approximate surface area is 97.7 Å². The van der Waals surface area contributed by atoms with Crippen LogP contribution in [0.3, 0.4) is 0 Å². The SMILES string of the molecule is FC(F)(F)c1ccc(Cl)c(C(F)(Cl)Cl)c1. The number of rotatable bonds is 1. The van der Waals surface area contributed by atoms with Crippen molar-refractivity contribution >= 4 is 34.8 Å². The molecule has 0 nitrogen and oxygen atoms in total. The minimum absolute atomic E-state index is 0.268. The molecule has 0 fully saturated rings. The van der Waals surface area contributed by atoms with Crippen molar-refractivity contribution in [3.05, 3.63) is 34.3 Å². The molecule has 0 bridgehead atoms. The van der Waals surface area contributed by atoms with Gasteiger partial charge in [-0.1, -0.05) is 34.8 Å². The minimum atomic E-state index is -4.60. The predicted octanol–water partition coefficient (Wildman–Crippen LogP) is 4.92. The Morgan fingerprint density at radius 2 is 1.53 bits per heavy atom. The highest BCUT2D eigenvalue weighted by Crippen LogP contribution is 2.42. The molecule has 1 rings (SSSR count). The van der Waals surface area contributed by atoms with Crippen LogP contribution in [0.1, 0.15) is 11.1 Å². The van der Waals surface area contributed by atoms with E-state index in [1.54, 1.807) is 0 Å². The van der Waals surface area contributed by atoms with Gasteiger partial charge in [0.15, 0.2) is 0 Å². The molecule has 0 aliphatic heterocycles. The fourth-order valence-corrected chi connectivity index (χ4v) is 1.58. The predicted molar refractivity (Wildman–Crippen MR) is 50.9 cm³/mol. The molecule has 7 heteroatoms. The van der Waals surface area contributed by atoms with Crippen molar-refractivity contribution in [1.29, 1.82) is 0 Å². The quantitative estimate of drug-likeness (QED) is 0.506. The average Bonchev–Trinajstić information content (AvgIpc) is 2.00. The molecule has 0 aliphatic rings. The van der Waals surface area contributed by atoms with Crippen molar-refractivity contribution in [1.82, 2.24) is 0 Å². The molecule has 84 valence electrons. The highest BCUT2D eigenvalue weighted by molar-refractivity contribution is 6.48. The van der Waals surface area contributed by atoms with Gasteiger partial charge in [-0.2, -0.15) is 13.2 Å². The van der Waals surface area contributed by atoms with Gasteiger partial charge in [0.2, 0.25) is 0 Å². The Hall–Kier alpha value is -0.190. The Kier molecular flexibility index (Phi) is 3.43. The van der Waals surface area contributed by atoms with Gasteiger partial charge in [-0.05, 0) is 18.2 Å². The first kappa shape index (κ1) is 12.9. The maximum absolute atomic E-state index is 13.0. The van der Waals surface area contributed by atoms with Gasteiger partial charge in [-0.25, -0.2) is 4.39 Å².